The molecule has 0 saturated heterocycles. The second-order valence-electron chi connectivity index (χ2n) is 14.4. The molecule has 0 saturated carbocycles. The maximum absolute atomic E-state index is 14.1. The molecule has 3 atom stereocenters. The van der Waals surface area contributed by atoms with Crippen molar-refractivity contribution < 1.29 is 27.9 Å². The van der Waals surface area contributed by atoms with Crippen molar-refractivity contribution in [3.8, 4) is 5.75 Å². The zero-order valence-electron chi connectivity index (χ0n) is 29.6. The lowest BCUT2D eigenvalue weighted by Crippen LogP contribution is -2.59. The van der Waals surface area contributed by atoms with Crippen LogP contribution in [0.5, 0.6) is 5.75 Å². The molecule has 3 N–H and O–H groups in total. The number of ether oxygens (including phenoxy) is 1. The lowest BCUT2D eigenvalue weighted by molar-refractivity contribution is -0.133. The van der Waals surface area contributed by atoms with Gasteiger partial charge in [0.05, 0.1) is 34.7 Å². The molecule has 10 nitrogen and oxygen atoms in total. The van der Waals surface area contributed by atoms with E-state index in [9.17, 15) is 23.1 Å². The SMILES string of the molecule is CC(C)CN(C[C@@H](O)[C@H](Cc1ccccc1)NC(=O)[C@@H](NC(=O)CN(CI)Cc1ccccc1)C(C)(C)C)S(=O)(=O)c1ccc2c(c1)OCC2. The summed E-state index contributed by atoms with van der Waals surface area (Å²) in [4.78, 5) is 29.5. The largest absolute Gasteiger partial charge is 0.493 e. The predicted octanol–water partition coefficient (Wildman–Crippen LogP) is 4.78. The zero-order chi connectivity index (χ0) is 36.5. The number of hydrogen-bond donors (Lipinski definition) is 3. The number of amides is 2. The standard InChI is InChI=1S/C38H51IN4O6S/c1-27(2)22-43(50(47,48)31-17-16-30-18-19-49-34(30)21-31)24-33(44)32(20-28-12-8-6-9-13-28)40-37(46)36(38(3,4)5)41-35(45)25-42(26-39)23-29-14-10-7-11-15-29/h6-17,21,27,32-33,36,44H,18-20,22-26H2,1-5H3,(H,40,46)(H,41,45)/t32-,33+,36+/m0/s1. The van der Waals surface area contributed by atoms with E-state index < -0.39 is 39.5 Å². The number of halogens is 1. The molecule has 0 fully saturated rings. The second-order valence-corrected chi connectivity index (χ2v) is 17.0. The summed E-state index contributed by atoms with van der Waals surface area (Å²) in [5.74, 6) is -0.221. The van der Waals surface area contributed by atoms with Crippen molar-refractivity contribution in [2.75, 3.05) is 30.8 Å². The third-order valence-electron chi connectivity index (χ3n) is 8.57. The van der Waals surface area contributed by atoms with Gasteiger partial charge in [-0.05, 0) is 40.5 Å². The van der Waals surface area contributed by atoms with Crippen LogP contribution in [0, 0.1) is 11.3 Å². The Hall–Kier alpha value is -3.04. The second kappa shape index (κ2) is 17.9. The van der Waals surface area contributed by atoms with Crippen LogP contribution in [0.1, 0.15) is 51.3 Å². The molecule has 0 radical (unpaired) electrons. The fourth-order valence-corrected chi connectivity index (χ4v) is 8.07. The monoisotopic (exact) mass is 818 g/mol. The van der Waals surface area contributed by atoms with Gasteiger partial charge in [-0.25, -0.2) is 8.42 Å². The highest BCUT2D eigenvalue weighted by atomic mass is 127. The summed E-state index contributed by atoms with van der Waals surface area (Å²) in [7, 11) is -4.02. The molecular weight excluding hydrogens is 767 g/mol. The molecule has 0 bridgehead atoms. The van der Waals surface area contributed by atoms with E-state index in [1.54, 1.807) is 18.2 Å². The minimum atomic E-state index is -4.02. The van der Waals surface area contributed by atoms with E-state index >= 15 is 0 Å². The van der Waals surface area contributed by atoms with Gasteiger partial charge in [0.1, 0.15) is 11.8 Å². The first-order chi connectivity index (χ1) is 23.7. The van der Waals surface area contributed by atoms with Gasteiger partial charge < -0.3 is 20.5 Å². The summed E-state index contributed by atoms with van der Waals surface area (Å²) in [5, 5.41) is 17.7. The molecule has 0 aliphatic carbocycles. The number of aliphatic hydroxyl groups excluding tert-OH is 1. The van der Waals surface area contributed by atoms with E-state index in [4.69, 9.17) is 4.74 Å². The molecule has 50 heavy (non-hydrogen) atoms. The molecule has 0 aromatic heterocycles. The number of carbonyl (C=O) groups excluding carboxylic acids is 2. The molecule has 3 aromatic rings. The molecule has 1 aliphatic heterocycles. The van der Waals surface area contributed by atoms with Gasteiger partial charge in [-0.1, -0.05) is 124 Å². The Morgan fingerprint density at radius 1 is 0.940 bits per heavy atom. The van der Waals surface area contributed by atoms with E-state index in [0.29, 0.717) is 23.5 Å². The summed E-state index contributed by atoms with van der Waals surface area (Å²) in [6.45, 7) is 10.6. The molecule has 1 aliphatic rings. The Kier molecular flexibility index (Phi) is 14.3. The van der Waals surface area contributed by atoms with Crippen LogP contribution in [0.4, 0.5) is 0 Å². The number of rotatable bonds is 17. The van der Waals surface area contributed by atoms with E-state index in [0.717, 1.165) is 23.1 Å². The number of aliphatic hydroxyl groups is 1. The number of nitrogens with one attached hydrogen (secondary N) is 2. The Morgan fingerprint density at radius 2 is 1.58 bits per heavy atom. The number of sulfonamides is 1. The number of benzene rings is 3. The van der Waals surface area contributed by atoms with Crippen LogP contribution in [0.2, 0.25) is 0 Å². The Balaban J connectivity index is 1.55. The van der Waals surface area contributed by atoms with Crippen molar-refractivity contribution in [3.63, 3.8) is 0 Å². The highest BCUT2D eigenvalue weighted by molar-refractivity contribution is 14.1. The van der Waals surface area contributed by atoms with Crippen molar-refractivity contribution in [1.82, 2.24) is 19.8 Å². The third-order valence-corrected chi connectivity index (χ3v) is 11.4. The number of hydrogen-bond acceptors (Lipinski definition) is 7. The average Bonchev–Trinajstić information content (AvgIpc) is 3.55. The number of fused-ring (bicyclic) bond motifs is 1. The van der Waals surface area contributed by atoms with Gasteiger partial charge in [-0.15, -0.1) is 0 Å². The van der Waals surface area contributed by atoms with E-state index in [1.807, 2.05) is 100 Å². The number of carbonyl (C=O) groups is 2. The first-order valence-corrected chi connectivity index (χ1v) is 20.0. The Morgan fingerprint density at radius 3 is 2.18 bits per heavy atom. The average molecular weight is 819 g/mol. The van der Waals surface area contributed by atoms with Crippen LogP contribution in [-0.2, 0) is 39.0 Å². The lowest BCUT2D eigenvalue weighted by Gasteiger charge is -2.35. The highest BCUT2D eigenvalue weighted by Crippen LogP contribution is 2.30. The van der Waals surface area contributed by atoms with Crippen LogP contribution in [0.3, 0.4) is 0 Å². The fourth-order valence-electron chi connectivity index (χ4n) is 5.95. The Bertz CT molecular complexity index is 1670. The van der Waals surface area contributed by atoms with Gasteiger partial charge in [0.2, 0.25) is 21.8 Å². The van der Waals surface area contributed by atoms with Crippen LogP contribution in [0.15, 0.2) is 83.8 Å². The smallest absolute Gasteiger partial charge is 0.243 e. The van der Waals surface area contributed by atoms with Crippen molar-refractivity contribution >= 4 is 44.4 Å². The molecule has 272 valence electrons. The highest BCUT2D eigenvalue weighted by Gasteiger charge is 2.37. The van der Waals surface area contributed by atoms with Crippen molar-refractivity contribution in [3.05, 3.63) is 95.6 Å². The maximum atomic E-state index is 14.1. The van der Waals surface area contributed by atoms with Crippen molar-refractivity contribution in [2.45, 2.75) is 77.1 Å². The fraction of sp³-hybridized carbons (Fsp3) is 0.474. The van der Waals surface area contributed by atoms with Gasteiger partial charge in [0.15, 0.2) is 0 Å². The molecule has 0 spiro atoms. The van der Waals surface area contributed by atoms with Crippen LogP contribution < -0.4 is 15.4 Å². The number of nitrogens with zero attached hydrogens (tertiary/aromatic N) is 2. The molecule has 12 heteroatoms. The predicted molar refractivity (Wildman–Crippen MR) is 204 cm³/mol. The molecule has 4 rings (SSSR count). The molecule has 1 heterocycles. The van der Waals surface area contributed by atoms with Gasteiger partial charge in [-0.3, -0.25) is 14.5 Å². The quantitative estimate of drug-likeness (QED) is 0.102. The van der Waals surface area contributed by atoms with Gasteiger partial charge >= 0.3 is 0 Å². The topological polar surface area (TPSA) is 128 Å². The first kappa shape index (κ1) is 39.7. The van der Waals surface area contributed by atoms with Gasteiger partial charge in [0, 0.05) is 32.1 Å². The number of alkyl halides is 1. The van der Waals surface area contributed by atoms with Crippen LogP contribution in [0.25, 0.3) is 0 Å². The molecule has 3 aromatic carbocycles. The van der Waals surface area contributed by atoms with Gasteiger partial charge in [0.25, 0.3) is 0 Å². The van der Waals surface area contributed by atoms with E-state index in [-0.39, 0.29) is 42.8 Å². The third kappa shape index (κ3) is 11.2. The molecule has 2 amide bonds. The summed E-state index contributed by atoms with van der Waals surface area (Å²) >= 11 is 2.23. The zero-order valence-corrected chi connectivity index (χ0v) is 32.6. The van der Waals surface area contributed by atoms with E-state index in [2.05, 4.69) is 33.2 Å². The normalized spacial score (nSPS) is 15.0. The van der Waals surface area contributed by atoms with Gasteiger partial charge in [-0.2, -0.15) is 4.31 Å². The Labute approximate surface area is 311 Å². The minimum Gasteiger partial charge on any atom is -0.493 e. The van der Waals surface area contributed by atoms with Crippen LogP contribution in [-0.4, -0.2) is 83.5 Å². The first-order valence-electron chi connectivity index (χ1n) is 17.1. The summed E-state index contributed by atoms with van der Waals surface area (Å²) in [6, 6.07) is 22.4. The van der Waals surface area contributed by atoms with Crippen LogP contribution >= 0.6 is 22.6 Å². The maximum Gasteiger partial charge on any atom is 0.243 e. The summed E-state index contributed by atoms with van der Waals surface area (Å²) in [6.07, 6.45) is -0.291. The molecule has 0 unspecified atom stereocenters. The summed E-state index contributed by atoms with van der Waals surface area (Å²) in [5.41, 5.74) is 2.24. The van der Waals surface area contributed by atoms with E-state index in [1.165, 1.54) is 4.31 Å². The summed E-state index contributed by atoms with van der Waals surface area (Å²) < 4.78 is 35.6. The molecular formula is C38H51IN4O6S. The lowest BCUT2D eigenvalue weighted by atomic mass is 9.85. The van der Waals surface area contributed by atoms with Crippen molar-refractivity contribution in [1.29, 1.82) is 0 Å². The van der Waals surface area contributed by atoms with Crippen molar-refractivity contribution in [2.24, 2.45) is 11.3 Å². The minimum absolute atomic E-state index is 0.0331.